The van der Waals surface area contributed by atoms with Gasteiger partial charge >= 0.3 is 5.97 Å². The van der Waals surface area contributed by atoms with E-state index in [1.54, 1.807) is 6.20 Å². The summed E-state index contributed by atoms with van der Waals surface area (Å²) in [7, 11) is 0. The van der Waals surface area contributed by atoms with Gasteiger partial charge in [0.1, 0.15) is 12.1 Å². The number of carboxylic acids is 1. The highest BCUT2D eigenvalue weighted by Gasteiger charge is 2.26. The van der Waals surface area contributed by atoms with Gasteiger partial charge in [0.25, 0.3) is 0 Å². The molecule has 3 amide bonds. The van der Waals surface area contributed by atoms with Crippen LogP contribution in [0.25, 0.3) is 10.9 Å². The molecule has 12 heteroatoms. The molecule has 34 heavy (non-hydrogen) atoms. The van der Waals surface area contributed by atoms with E-state index in [2.05, 4.69) is 33.6 Å². The number of hydrogen-bond acceptors (Lipinski definition) is 7. The molecule has 1 aromatic heterocycles. The first kappa shape index (κ1) is 27.2. The van der Waals surface area contributed by atoms with Crippen LogP contribution in [0.15, 0.2) is 30.5 Å². The van der Waals surface area contributed by atoms with Gasteiger partial charge in [0.2, 0.25) is 17.7 Å². The van der Waals surface area contributed by atoms with E-state index >= 15 is 0 Å². The number of rotatable bonds is 14. The number of H-pyrrole nitrogens is 1. The van der Waals surface area contributed by atoms with E-state index in [1.807, 2.05) is 24.3 Å². The number of aromatic nitrogens is 1. The molecule has 186 valence electrons. The molecule has 0 saturated carbocycles. The van der Waals surface area contributed by atoms with Gasteiger partial charge in [-0.25, -0.2) is 4.79 Å². The third kappa shape index (κ3) is 8.04. The average Bonchev–Trinajstić information content (AvgIpc) is 3.22. The van der Waals surface area contributed by atoms with E-state index in [-0.39, 0.29) is 18.6 Å². The molecule has 0 saturated heterocycles. The van der Waals surface area contributed by atoms with Crippen LogP contribution < -0.4 is 27.4 Å². The van der Waals surface area contributed by atoms with Gasteiger partial charge in [-0.3, -0.25) is 14.4 Å². The van der Waals surface area contributed by atoms with Crippen molar-refractivity contribution in [1.82, 2.24) is 20.9 Å². The van der Waals surface area contributed by atoms with Crippen LogP contribution in [0, 0.1) is 0 Å². The van der Waals surface area contributed by atoms with Gasteiger partial charge in [-0.1, -0.05) is 18.2 Å². The lowest BCUT2D eigenvalue weighted by Gasteiger charge is -2.20. The number of fused-ring (bicyclic) bond motifs is 1. The van der Waals surface area contributed by atoms with Gasteiger partial charge in [0.15, 0.2) is 0 Å². The number of nitrogens with one attached hydrogen (secondary N) is 4. The standard InChI is InChI=1S/C22H32N6O5S/c23-8-4-3-7-17(22(32)33)28-21(31)18(12-34)27-19(29)11-26-20(30)15(24)9-13-10-25-16-6-2-1-5-14(13)16/h1-2,5-6,10,15,17-18,25,34H,3-4,7-9,11-12,23-24H2,(H,26,30)(H,27,29)(H,28,31)(H,32,33). The Kier molecular flexibility index (Phi) is 10.8. The predicted molar refractivity (Wildman–Crippen MR) is 131 cm³/mol. The molecule has 0 radical (unpaired) electrons. The number of carbonyl (C=O) groups excluding carboxylic acids is 3. The molecule has 0 spiro atoms. The molecule has 0 fully saturated rings. The lowest BCUT2D eigenvalue weighted by Crippen LogP contribution is -2.54. The van der Waals surface area contributed by atoms with E-state index in [4.69, 9.17) is 11.5 Å². The Morgan fingerprint density at radius 1 is 1.06 bits per heavy atom. The molecular weight excluding hydrogens is 460 g/mol. The summed E-state index contributed by atoms with van der Waals surface area (Å²) < 4.78 is 0. The zero-order valence-electron chi connectivity index (χ0n) is 18.8. The second-order valence-electron chi connectivity index (χ2n) is 7.87. The van der Waals surface area contributed by atoms with E-state index < -0.39 is 48.4 Å². The Hall–Kier alpha value is -3.09. The molecule has 3 unspecified atom stereocenters. The van der Waals surface area contributed by atoms with Crippen LogP contribution in [0.2, 0.25) is 0 Å². The molecule has 0 aliphatic rings. The van der Waals surface area contributed by atoms with Gasteiger partial charge in [0.05, 0.1) is 12.6 Å². The molecule has 1 heterocycles. The number of para-hydroxylation sites is 1. The molecule has 0 aliphatic heterocycles. The zero-order valence-corrected chi connectivity index (χ0v) is 19.6. The second-order valence-corrected chi connectivity index (χ2v) is 8.24. The highest BCUT2D eigenvalue weighted by molar-refractivity contribution is 7.80. The van der Waals surface area contributed by atoms with Crippen molar-refractivity contribution in [1.29, 1.82) is 0 Å². The smallest absolute Gasteiger partial charge is 0.326 e. The Labute approximate surface area is 202 Å². The summed E-state index contributed by atoms with van der Waals surface area (Å²) in [6.45, 7) is 0.0314. The summed E-state index contributed by atoms with van der Waals surface area (Å²) in [6.07, 6.45) is 3.46. The van der Waals surface area contributed by atoms with Crippen molar-refractivity contribution < 1.29 is 24.3 Å². The van der Waals surface area contributed by atoms with Crippen LogP contribution in [0.1, 0.15) is 24.8 Å². The molecule has 0 aliphatic carbocycles. The van der Waals surface area contributed by atoms with Crippen molar-refractivity contribution in [2.75, 3.05) is 18.8 Å². The summed E-state index contributed by atoms with van der Waals surface area (Å²) in [5, 5.41) is 17.6. The first-order valence-electron chi connectivity index (χ1n) is 11.0. The largest absolute Gasteiger partial charge is 0.480 e. The summed E-state index contributed by atoms with van der Waals surface area (Å²) in [4.78, 5) is 51.5. The number of unbranched alkanes of at least 4 members (excludes halogenated alkanes) is 1. The molecule has 2 aromatic rings. The molecule has 9 N–H and O–H groups in total. The summed E-state index contributed by atoms with van der Waals surface area (Å²) in [6, 6.07) is 4.60. The van der Waals surface area contributed by atoms with Gasteiger partial charge in [-0.15, -0.1) is 0 Å². The summed E-state index contributed by atoms with van der Waals surface area (Å²) in [5.74, 6) is -3.05. The fraction of sp³-hybridized carbons (Fsp3) is 0.455. The number of carbonyl (C=O) groups is 4. The lowest BCUT2D eigenvalue weighted by molar-refractivity contribution is -0.142. The van der Waals surface area contributed by atoms with Crippen molar-refractivity contribution in [2.45, 2.75) is 43.8 Å². The van der Waals surface area contributed by atoms with Crippen LogP contribution >= 0.6 is 12.6 Å². The second kappa shape index (κ2) is 13.6. The van der Waals surface area contributed by atoms with Gasteiger partial charge in [-0.05, 0) is 43.9 Å². The van der Waals surface area contributed by atoms with Crippen LogP contribution in [0.4, 0.5) is 0 Å². The van der Waals surface area contributed by atoms with Gasteiger partial charge < -0.3 is 37.5 Å². The van der Waals surface area contributed by atoms with Crippen LogP contribution in [0.3, 0.4) is 0 Å². The number of thiol groups is 1. The Morgan fingerprint density at radius 3 is 2.47 bits per heavy atom. The Bertz CT molecular complexity index is 997. The van der Waals surface area contributed by atoms with E-state index in [0.29, 0.717) is 19.4 Å². The minimum absolute atomic E-state index is 0.0548. The van der Waals surface area contributed by atoms with E-state index in [9.17, 15) is 24.3 Å². The molecular formula is C22H32N6O5S. The Morgan fingerprint density at radius 2 is 1.79 bits per heavy atom. The molecule has 11 nitrogen and oxygen atoms in total. The van der Waals surface area contributed by atoms with Crippen molar-refractivity contribution in [3.63, 3.8) is 0 Å². The van der Waals surface area contributed by atoms with Crippen LogP contribution in [0.5, 0.6) is 0 Å². The maximum absolute atomic E-state index is 12.4. The van der Waals surface area contributed by atoms with Crippen molar-refractivity contribution in [3.8, 4) is 0 Å². The normalized spacial score (nSPS) is 13.6. The fourth-order valence-corrected chi connectivity index (χ4v) is 3.65. The number of nitrogens with two attached hydrogens (primary N) is 2. The maximum Gasteiger partial charge on any atom is 0.326 e. The highest BCUT2D eigenvalue weighted by atomic mass is 32.1. The molecule has 1 aromatic carbocycles. The zero-order chi connectivity index (χ0) is 25.1. The number of hydrogen-bond donors (Lipinski definition) is 8. The third-order valence-corrected chi connectivity index (χ3v) is 5.64. The van der Waals surface area contributed by atoms with Crippen molar-refractivity contribution in [3.05, 3.63) is 36.0 Å². The minimum Gasteiger partial charge on any atom is -0.480 e. The minimum atomic E-state index is -1.17. The molecule has 3 atom stereocenters. The average molecular weight is 493 g/mol. The summed E-state index contributed by atoms with van der Waals surface area (Å²) in [5.41, 5.74) is 13.2. The van der Waals surface area contributed by atoms with Crippen LogP contribution in [-0.2, 0) is 25.6 Å². The highest BCUT2D eigenvalue weighted by Crippen LogP contribution is 2.18. The number of aliphatic carboxylic acids is 1. The van der Waals surface area contributed by atoms with Gasteiger partial charge in [-0.2, -0.15) is 12.6 Å². The lowest BCUT2D eigenvalue weighted by atomic mass is 10.1. The van der Waals surface area contributed by atoms with E-state index in [0.717, 1.165) is 16.5 Å². The predicted octanol–water partition coefficient (Wildman–Crippen LogP) is -0.733. The topological polar surface area (TPSA) is 192 Å². The number of benzene rings is 1. The van der Waals surface area contributed by atoms with E-state index in [1.165, 1.54) is 0 Å². The SMILES string of the molecule is NCCCCC(NC(=O)C(CS)NC(=O)CNC(=O)C(N)Cc1c[nH]c2ccccc12)C(=O)O. The number of amides is 3. The quantitative estimate of drug-likeness (QED) is 0.126. The first-order chi connectivity index (χ1) is 16.3. The van der Waals surface area contributed by atoms with Crippen molar-refractivity contribution >= 4 is 47.2 Å². The first-order valence-corrected chi connectivity index (χ1v) is 11.6. The maximum atomic E-state index is 12.4. The van der Waals surface area contributed by atoms with Crippen LogP contribution in [-0.4, -0.2) is 70.7 Å². The number of carboxylic acid groups (broad SMARTS) is 1. The Balaban J connectivity index is 1.82. The van der Waals surface area contributed by atoms with Crippen molar-refractivity contribution in [2.24, 2.45) is 11.5 Å². The van der Waals surface area contributed by atoms with Gasteiger partial charge in [0, 0.05) is 22.9 Å². The molecule has 0 bridgehead atoms. The fourth-order valence-electron chi connectivity index (χ4n) is 3.39. The molecule has 2 rings (SSSR count). The monoisotopic (exact) mass is 492 g/mol. The summed E-state index contributed by atoms with van der Waals surface area (Å²) >= 11 is 4.06. The third-order valence-electron chi connectivity index (χ3n) is 5.27. The number of aromatic amines is 1.